The number of carboxylic acids is 1. The quantitative estimate of drug-likeness (QED) is 0.227. The topological polar surface area (TPSA) is 170 Å². The predicted octanol–water partition coefficient (Wildman–Crippen LogP) is 3.91. The van der Waals surface area contributed by atoms with Gasteiger partial charge in [-0.3, -0.25) is 19.2 Å². The molecule has 4 N–H and O–H groups in total. The second-order valence-corrected chi connectivity index (χ2v) is 10.6. The lowest BCUT2D eigenvalue weighted by Gasteiger charge is -2.29. The number of ketones is 1. The maximum Gasteiger partial charge on any atom is 0.305 e. The molecule has 1 aliphatic rings. The van der Waals surface area contributed by atoms with Gasteiger partial charge in [0.2, 0.25) is 5.60 Å². The van der Waals surface area contributed by atoms with E-state index >= 15 is 0 Å². The molecule has 3 atom stereocenters. The van der Waals surface area contributed by atoms with Crippen molar-refractivity contribution in [2.24, 2.45) is 16.2 Å². The first kappa shape index (κ1) is 30.0. The van der Waals surface area contributed by atoms with Gasteiger partial charge in [-0.05, 0) is 28.3 Å². The van der Waals surface area contributed by atoms with Gasteiger partial charge in [0.1, 0.15) is 12.6 Å². The highest BCUT2D eigenvalue weighted by Crippen LogP contribution is 2.32. The van der Waals surface area contributed by atoms with Crippen LogP contribution in [-0.4, -0.2) is 58.6 Å². The molecule has 0 fully saturated rings. The summed E-state index contributed by atoms with van der Waals surface area (Å²) < 4.78 is 0. The van der Waals surface area contributed by atoms with Crippen LogP contribution in [0.3, 0.4) is 0 Å². The summed E-state index contributed by atoms with van der Waals surface area (Å²) in [6, 6.07) is 20.2. The molecule has 0 aliphatic carbocycles. The van der Waals surface area contributed by atoms with Crippen LogP contribution in [-0.2, 0) is 25.6 Å². The van der Waals surface area contributed by atoms with Crippen molar-refractivity contribution in [2.75, 3.05) is 6.54 Å². The van der Waals surface area contributed by atoms with Gasteiger partial charge in [-0.2, -0.15) is 5.11 Å². The number of nitrogens with zero attached hydrogens (tertiary/aromatic N) is 2. The van der Waals surface area contributed by atoms with Gasteiger partial charge in [-0.15, -0.1) is 0 Å². The van der Waals surface area contributed by atoms with E-state index in [4.69, 9.17) is 10.4 Å². The lowest BCUT2D eigenvalue weighted by molar-refractivity contribution is -0.147. The van der Waals surface area contributed by atoms with E-state index in [1.807, 2.05) is 80.6 Å². The Morgan fingerprint density at radius 3 is 2.38 bits per heavy atom. The highest BCUT2D eigenvalue weighted by atomic mass is 16.7. The highest BCUT2D eigenvalue weighted by molar-refractivity contribution is 6.09. The van der Waals surface area contributed by atoms with Crippen LogP contribution in [0.1, 0.15) is 42.6 Å². The van der Waals surface area contributed by atoms with E-state index in [2.05, 4.69) is 20.9 Å². The molecule has 0 aromatic heterocycles. The molecule has 42 heavy (non-hydrogen) atoms. The number of carboxylic acid groups (broad SMARTS) is 1. The van der Waals surface area contributed by atoms with Crippen LogP contribution in [0.5, 0.6) is 0 Å². The molecule has 11 heteroatoms. The Hall–Kier alpha value is -4.93. The molecule has 0 saturated carbocycles. The molecule has 2 amide bonds. The smallest absolute Gasteiger partial charge is 0.305 e. The minimum absolute atomic E-state index is 0.0107. The van der Waals surface area contributed by atoms with Gasteiger partial charge >= 0.3 is 5.97 Å². The molecule has 4 rings (SSSR count). The monoisotopic (exact) mass is 571 g/mol. The van der Waals surface area contributed by atoms with Crippen molar-refractivity contribution in [3.05, 3.63) is 83.9 Å². The zero-order valence-electron chi connectivity index (χ0n) is 23.4. The van der Waals surface area contributed by atoms with Crippen molar-refractivity contribution in [1.29, 1.82) is 5.53 Å². The summed E-state index contributed by atoms with van der Waals surface area (Å²) in [6.07, 6.45) is -0.611. The van der Waals surface area contributed by atoms with E-state index in [-0.39, 0.29) is 24.7 Å². The van der Waals surface area contributed by atoms with E-state index in [0.717, 1.165) is 16.3 Å². The van der Waals surface area contributed by atoms with Crippen LogP contribution in [0.4, 0.5) is 0 Å². The summed E-state index contributed by atoms with van der Waals surface area (Å²) in [5.41, 5.74) is 7.07. The third kappa shape index (κ3) is 6.85. The molecule has 218 valence electrons. The first-order valence-corrected chi connectivity index (χ1v) is 13.6. The minimum Gasteiger partial charge on any atom is -0.481 e. The van der Waals surface area contributed by atoms with Crippen molar-refractivity contribution in [2.45, 2.75) is 50.8 Å². The fraction of sp³-hybridized carbons (Fsp3) is 0.323. The van der Waals surface area contributed by atoms with Crippen LogP contribution >= 0.6 is 0 Å². The van der Waals surface area contributed by atoms with Crippen LogP contribution in [0.2, 0.25) is 0 Å². The molecule has 0 spiro atoms. The highest BCUT2D eigenvalue weighted by Gasteiger charge is 2.49. The van der Waals surface area contributed by atoms with Crippen molar-refractivity contribution in [3.8, 4) is 0 Å². The Morgan fingerprint density at radius 1 is 1.00 bits per heavy atom. The maximum atomic E-state index is 13.8. The number of hydrogen-bond acceptors (Lipinski definition) is 8. The van der Waals surface area contributed by atoms with Crippen LogP contribution in [0.25, 0.3) is 10.8 Å². The Morgan fingerprint density at radius 2 is 1.69 bits per heavy atom. The van der Waals surface area contributed by atoms with Crippen LogP contribution < -0.4 is 10.6 Å². The number of fused-ring (bicyclic) bond motifs is 1. The molecular weight excluding hydrogens is 538 g/mol. The zero-order chi connectivity index (χ0) is 30.3. The zero-order valence-corrected chi connectivity index (χ0v) is 23.4. The molecule has 0 saturated heterocycles. The first-order chi connectivity index (χ1) is 20.1. The van der Waals surface area contributed by atoms with Gasteiger partial charge in [0.05, 0.1) is 18.2 Å². The molecule has 11 nitrogen and oxygen atoms in total. The molecule has 1 heterocycles. The molecule has 3 aromatic rings. The SMILES string of the molecule is CC(C)C(NC(=O)c1cccc2ccccc12)C1=NOC(Cc2ccccc2)(C(=O)N[C@@H](CC(=O)O)C(=O)CN=N)C1. The van der Waals surface area contributed by atoms with Crippen LogP contribution in [0, 0.1) is 11.4 Å². The predicted molar refractivity (Wildman–Crippen MR) is 155 cm³/mol. The third-order valence-electron chi connectivity index (χ3n) is 7.20. The van der Waals surface area contributed by atoms with E-state index in [0.29, 0.717) is 11.3 Å². The van der Waals surface area contributed by atoms with E-state index in [1.54, 1.807) is 6.07 Å². The van der Waals surface area contributed by atoms with E-state index in [9.17, 15) is 24.3 Å². The number of rotatable bonds is 13. The second-order valence-electron chi connectivity index (χ2n) is 10.6. The summed E-state index contributed by atoms with van der Waals surface area (Å²) in [5.74, 6) is -3.16. The summed E-state index contributed by atoms with van der Waals surface area (Å²) >= 11 is 0. The van der Waals surface area contributed by atoms with Crippen molar-refractivity contribution >= 4 is 40.1 Å². The summed E-state index contributed by atoms with van der Waals surface area (Å²) in [6.45, 7) is 3.27. The molecule has 0 bridgehead atoms. The molecule has 0 radical (unpaired) electrons. The number of aliphatic carboxylic acids is 1. The molecule has 3 aromatic carbocycles. The van der Waals surface area contributed by atoms with Gasteiger partial charge in [-0.25, -0.2) is 5.53 Å². The largest absolute Gasteiger partial charge is 0.481 e. The Bertz CT molecular complexity index is 1520. The molecule has 1 aliphatic heterocycles. The number of nitrogens with one attached hydrogen (secondary N) is 3. The average Bonchev–Trinajstić information content (AvgIpc) is 3.40. The summed E-state index contributed by atoms with van der Waals surface area (Å²) in [5, 5.41) is 23.9. The number of hydrogen-bond donors (Lipinski definition) is 4. The number of carbonyl (C=O) groups excluding carboxylic acids is 3. The molecular formula is C31H33N5O6. The fourth-order valence-corrected chi connectivity index (χ4v) is 5.07. The number of oxime groups is 1. The first-order valence-electron chi connectivity index (χ1n) is 13.6. The average molecular weight is 572 g/mol. The van der Waals surface area contributed by atoms with Crippen LogP contribution in [0.15, 0.2) is 83.1 Å². The Balaban J connectivity index is 1.61. The number of Topliss-reactive ketones (excluding diaryl/α,β-unsaturated/α-hetero) is 1. The number of carbonyl (C=O) groups is 4. The van der Waals surface area contributed by atoms with Gasteiger partial charge < -0.3 is 20.6 Å². The second kappa shape index (κ2) is 13.2. The Labute approximate surface area is 242 Å². The standard InChI is InChI=1S/C31H33N5O6/c1-19(2)28(35-29(40)23-14-8-12-21-11-6-7-13-22(21)23)25-17-31(42-36-25,16-20-9-4-3-5-10-20)30(41)34-24(15-27(38)39)26(37)18-33-32/h3-14,19,24,28,32H,15-18H2,1-2H3,(H,34,41)(H,35,40)(H,38,39)/t24-,28?,31?/m0/s1. The number of amides is 2. The van der Waals surface area contributed by atoms with E-state index in [1.165, 1.54) is 0 Å². The summed E-state index contributed by atoms with van der Waals surface area (Å²) in [4.78, 5) is 57.1. The van der Waals surface area contributed by atoms with Crippen molar-refractivity contribution in [1.82, 2.24) is 10.6 Å². The van der Waals surface area contributed by atoms with Gasteiger partial charge in [0.25, 0.3) is 11.8 Å². The van der Waals surface area contributed by atoms with Gasteiger partial charge in [0, 0.05) is 18.4 Å². The third-order valence-corrected chi connectivity index (χ3v) is 7.20. The van der Waals surface area contributed by atoms with Crippen molar-refractivity contribution in [3.63, 3.8) is 0 Å². The van der Waals surface area contributed by atoms with Gasteiger partial charge in [-0.1, -0.05) is 85.7 Å². The molecule has 2 unspecified atom stereocenters. The number of benzene rings is 3. The fourth-order valence-electron chi connectivity index (χ4n) is 5.07. The summed E-state index contributed by atoms with van der Waals surface area (Å²) in [7, 11) is 0. The van der Waals surface area contributed by atoms with Gasteiger partial charge in [0.15, 0.2) is 5.78 Å². The Kier molecular flexibility index (Phi) is 9.41. The van der Waals surface area contributed by atoms with E-state index < -0.39 is 48.3 Å². The lowest BCUT2D eigenvalue weighted by atomic mass is 9.84. The van der Waals surface area contributed by atoms with Crippen molar-refractivity contribution < 1.29 is 29.1 Å². The normalized spacial score (nSPS) is 17.5. The lowest BCUT2D eigenvalue weighted by Crippen LogP contribution is -2.55. The minimum atomic E-state index is -1.61. The maximum absolute atomic E-state index is 13.8.